The van der Waals surface area contributed by atoms with Crippen LogP contribution in [0.1, 0.15) is 164 Å². The molecular weight excluding hydrogens is 668 g/mol. The van der Waals surface area contributed by atoms with E-state index in [0.29, 0.717) is 24.6 Å². The summed E-state index contributed by atoms with van der Waals surface area (Å²) in [5.41, 5.74) is 10.0. The molecule has 0 fully saturated rings. The molecule has 0 unspecified atom stereocenters. The highest BCUT2D eigenvalue weighted by atomic mass is 35.5. The number of aryl methyl sites for hydroxylation is 1. The van der Waals surface area contributed by atoms with Gasteiger partial charge in [-0.3, -0.25) is 0 Å². The molecule has 0 saturated carbocycles. The first-order valence-corrected chi connectivity index (χ1v) is 20.6. The summed E-state index contributed by atoms with van der Waals surface area (Å²) in [6.45, 7) is 9.69. The molecule has 12 heteroatoms. The summed E-state index contributed by atoms with van der Waals surface area (Å²) in [4.78, 5) is 9.53. The quantitative estimate of drug-likeness (QED) is 0.0840. The maximum atomic E-state index is 11.7. The topological polar surface area (TPSA) is 129 Å². The molecule has 9 nitrogen and oxygen atoms in total. The standard InChI is InChI=1S/C24H50O4S.C12H17N4OS.ClH/c1-3-5-7-9-11-13-15-17-19-21-23-27-29(25,26)28-24-22-20-18-16-14-12-10-8-6-4-2;1-8-11(3-4-17)18-7-16(8)6-10-5-14-9(2)15-12(10)13;/h3-24H2,1-2H3;5,7,17H,3-4,6H2,1-2H3,(H2,13,14,15);1H/q;+1;/p-1. The Hall–Kier alpha value is -1.37. The molecule has 3 N–H and O–H groups in total. The molecule has 48 heavy (non-hydrogen) atoms. The van der Waals surface area contributed by atoms with E-state index in [1.165, 1.54) is 94.8 Å². The van der Waals surface area contributed by atoms with Crippen LogP contribution in [0.4, 0.5) is 5.82 Å². The molecule has 0 radical (unpaired) electrons. The third-order valence-corrected chi connectivity index (χ3v) is 10.4. The average molecular weight is 736 g/mol. The van der Waals surface area contributed by atoms with E-state index in [2.05, 4.69) is 28.4 Å². The van der Waals surface area contributed by atoms with Crippen molar-refractivity contribution in [2.24, 2.45) is 0 Å². The number of thiazole rings is 1. The highest BCUT2D eigenvalue weighted by Gasteiger charge is 2.17. The van der Waals surface area contributed by atoms with Crippen LogP contribution in [-0.2, 0) is 31.7 Å². The normalized spacial score (nSPS) is 11.3. The largest absolute Gasteiger partial charge is 1.00 e. The second kappa shape index (κ2) is 30.5. The van der Waals surface area contributed by atoms with Crippen molar-refractivity contribution >= 4 is 27.6 Å². The van der Waals surface area contributed by atoms with E-state index in [4.69, 9.17) is 19.2 Å². The molecule has 0 saturated heterocycles. The van der Waals surface area contributed by atoms with Crippen LogP contribution >= 0.6 is 11.3 Å². The minimum absolute atomic E-state index is 0. The number of aliphatic hydroxyl groups is 1. The van der Waals surface area contributed by atoms with E-state index < -0.39 is 10.4 Å². The number of aromatic nitrogens is 3. The van der Waals surface area contributed by atoms with Gasteiger partial charge in [0.25, 0.3) is 0 Å². The van der Waals surface area contributed by atoms with Crippen LogP contribution in [0.3, 0.4) is 0 Å². The number of hydrogen-bond acceptors (Lipinski definition) is 9. The van der Waals surface area contributed by atoms with Gasteiger partial charge in [-0.2, -0.15) is 13.0 Å². The summed E-state index contributed by atoms with van der Waals surface area (Å²) in [5, 5.41) is 8.98. The Kier molecular flexibility index (Phi) is 29.6. The molecular formula is C36H67ClN4O5S2. The summed E-state index contributed by atoms with van der Waals surface area (Å²) in [6.07, 6.45) is 26.9. The lowest BCUT2D eigenvalue weighted by Crippen LogP contribution is -3.00. The van der Waals surface area contributed by atoms with Crippen LogP contribution in [-0.4, -0.2) is 43.3 Å². The zero-order valence-corrected chi connectivity index (χ0v) is 32.9. The lowest BCUT2D eigenvalue weighted by molar-refractivity contribution is -0.689. The zero-order valence-electron chi connectivity index (χ0n) is 30.5. The number of anilines is 1. The number of nitrogen functional groups attached to an aromatic ring is 1. The Bertz CT molecular complexity index is 1120. The van der Waals surface area contributed by atoms with Crippen molar-refractivity contribution in [1.29, 1.82) is 0 Å². The van der Waals surface area contributed by atoms with Crippen LogP contribution in [0.25, 0.3) is 0 Å². The van der Waals surface area contributed by atoms with Gasteiger partial charge in [0, 0.05) is 26.1 Å². The van der Waals surface area contributed by atoms with Crippen molar-refractivity contribution in [3.8, 4) is 0 Å². The highest BCUT2D eigenvalue weighted by molar-refractivity contribution is 7.81. The number of nitrogens with zero attached hydrogens (tertiary/aromatic N) is 3. The third kappa shape index (κ3) is 23.9. The van der Waals surface area contributed by atoms with Crippen molar-refractivity contribution in [1.82, 2.24) is 9.97 Å². The van der Waals surface area contributed by atoms with E-state index in [1.54, 1.807) is 17.5 Å². The Morgan fingerprint density at radius 2 is 1.21 bits per heavy atom. The first-order chi connectivity index (χ1) is 22.7. The van der Waals surface area contributed by atoms with Gasteiger partial charge in [-0.15, -0.1) is 0 Å². The lowest BCUT2D eigenvalue weighted by atomic mass is 10.1. The van der Waals surface area contributed by atoms with Gasteiger partial charge < -0.3 is 23.2 Å². The molecule has 0 spiro atoms. The minimum atomic E-state index is -3.80. The second-order valence-electron chi connectivity index (χ2n) is 12.6. The van der Waals surface area contributed by atoms with Crippen molar-refractivity contribution in [2.45, 2.75) is 169 Å². The predicted molar refractivity (Wildman–Crippen MR) is 195 cm³/mol. The molecule has 2 aromatic rings. The summed E-state index contributed by atoms with van der Waals surface area (Å²) >= 11 is 1.65. The molecule has 2 heterocycles. The first-order valence-electron chi connectivity index (χ1n) is 18.4. The monoisotopic (exact) mass is 734 g/mol. The number of hydrogen-bond donors (Lipinski definition) is 2. The molecule has 0 amide bonds. The molecule has 280 valence electrons. The zero-order chi connectivity index (χ0) is 34.6. The SMILES string of the molecule is CCCCCCCCCCCCOS(=O)(=O)OCCCCCCCCCCCC.Cc1ncc(C[n+]2csc(CCO)c2C)c(N)n1.[Cl-]. The smallest absolute Gasteiger partial charge is 0.399 e. The Labute approximate surface area is 303 Å². The number of halogens is 1. The molecule has 2 aromatic heterocycles. The second-order valence-corrected chi connectivity index (χ2v) is 14.8. The first kappa shape index (κ1) is 46.6. The van der Waals surface area contributed by atoms with Gasteiger partial charge in [-0.05, 0) is 19.8 Å². The van der Waals surface area contributed by atoms with E-state index in [9.17, 15) is 8.42 Å². The van der Waals surface area contributed by atoms with Crippen molar-refractivity contribution < 1.29 is 38.9 Å². The van der Waals surface area contributed by atoms with Crippen LogP contribution in [0, 0.1) is 13.8 Å². The van der Waals surface area contributed by atoms with Gasteiger partial charge in [0.15, 0.2) is 12.2 Å². The fourth-order valence-corrected chi connectivity index (χ4v) is 7.00. The van der Waals surface area contributed by atoms with Crippen molar-refractivity contribution in [2.75, 3.05) is 25.6 Å². The summed E-state index contributed by atoms with van der Waals surface area (Å²) in [6, 6.07) is 0. The van der Waals surface area contributed by atoms with E-state index >= 15 is 0 Å². The van der Waals surface area contributed by atoms with E-state index in [-0.39, 0.29) is 32.2 Å². The summed E-state index contributed by atoms with van der Waals surface area (Å²) < 4.78 is 35.4. The number of aliphatic hydroxyl groups excluding tert-OH is 1. The summed E-state index contributed by atoms with van der Waals surface area (Å²) in [7, 11) is -3.80. The van der Waals surface area contributed by atoms with Crippen LogP contribution in [0.5, 0.6) is 0 Å². The van der Waals surface area contributed by atoms with E-state index in [0.717, 1.165) is 49.8 Å². The predicted octanol–water partition coefficient (Wildman–Crippen LogP) is 5.72. The Morgan fingerprint density at radius 3 is 1.62 bits per heavy atom. The maximum Gasteiger partial charge on any atom is 0.399 e. The van der Waals surface area contributed by atoms with Gasteiger partial charge in [0.1, 0.15) is 11.6 Å². The molecule has 0 bridgehead atoms. The van der Waals surface area contributed by atoms with Gasteiger partial charge in [0.05, 0.1) is 23.7 Å². The molecule has 0 aromatic carbocycles. The number of unbranched alkanes of at least 4 members (excludes halogenated alkanes) is 18. The van der Waals surface area contributed by atoms with Gasteiger partial charge in [-0.25, -0.2) is 18.3 Å². The fourth-order valence-electron chi connectivity index (χ4n) is 5.30. The highest BCUT2D eigenvalue weighted by Crippen LogP contribution is 2.15. The van der Waals surface area contributed by atoms with Crippen molar-refractivity contribution in [3.63, 3.8) is 0 Å². The Morgan fingerprint density at radius 1 is 0.771 bits per heavy atom. The van der Waals surface area contributed by atoms with Crippen LogP contribution < -0.4 is 22.7 Å². The number of rotatable bonds is 28. The van der Waals surface area contributed by atoms with Gasteiger partial charge in [0.2, 0.25) is 5.51 Å². The minimum Gasteiger partial charge on any atom is -1.00 e. The molecule has 0 aliphatic carbocycles. The van der Waals surface area contributed by atoms with Crippen LogP contribution in [0.2, 0.25) is 0 Å². The average Bonchev–Trinajstić information content (AvgIpc) is 3.38. The van der Waals surface area contributed by atoms with Crippen molar-refractivity contribution in [3.05, 3.63) is 33.7 Å². The third-order valence-electron chi connectivity index (χ3n) is 8.31. The van der Waals surface area contributed by atoms with Crippen LogP contribution in [0.15, 0.2) is 11.7 Å². The molecule has 2 rings (SSSR count). The lowest BCUT2D eigenvalue weighted by Gasteiger charge is -2.06. The fraction of sp³-hybridized carbons (Fsp3) is 0.806. The molecule has 0 aliphatic rings. The van der Waals surface area contributed by atoms with Gasteiger partial charge in [-0.1, -0.05) is 141 Å². The molecule has 0 aliphatic heterocycles. The molecule has 0 atom stereocenters. The Balaban J connectivity index is 0.000000990. The number of nitrogens with two attached hydrogens (primary N) is 1. The van der Waals surface area contributed by atoms with Gasteiger partial charge >= 0.3 is 10.4 Å². The van der Waals surface area contributed by atoms with E-state index in [1.807, 2.05) is 19.4 Å². The summed E-state index contributed by atoms with van der Waals surface area (Å²) in [5.74, 6) is 1.22. The maximum absolute atomic E-state index is 11.7.